The fraction of sp³-hybridized carbons (Fsp3) is 0.714. The smallest absolute Gasteiger partial charge is 0.0591 e. The molecule has 2 atom stereocenters. The topological polar surface area (TPSA) is 29.3 Å². The van der Waals surface area contributed by atoms with Gasteiger partial charge >= 0.3 is 0 Å². The Bertz CT molecular complexity index is 349. The van der Waals surface area contributed by atoms with E-state index in [0.29, 0.717) is 11.5 Å². The van der Waals surface area contributed by atoms with Gasteiger partial charge in [-0.25, -0.2) is 0 Å². The summed E-state index contributed by atoms with van der Waals surface area (Å²) in [5.74, 6) is 0. The zero-order valence-corrected chi connectivity index (χ0v) is 12.8. The van der Waals surface area contributed by atoms with Crippen LogP contribution in [-0.4, -0.2) is 24.5 Å². The van der Waals surface area contributed by atoms with Crippen LogP contribution >= 0.6 is 11.3 Å². The Labute approximate surface area is 110 Å². The highest BCUT2D eigenvalue weighted by atomic mass is 32.1. The van der Waals surface area contributed by atoms with Crippen molar-refractivity contribution in [2.75, 3.05) is 13.6 Å². The second-order valence-corrected chi connectivity index (χ2v) is 7.20. The number of hydrogen-bond acceptors (Lipinski definition) is 3. The summed E-state index contributed by atoms with van der Waals surface area (Å²) in [6.45, 7) is 12.1. The predicted molar refractivity (Wildman–Crippen MR) is 77.5 cm³/mol. The van der Waals surface area contributed by atoms with Gasteiger partial charge in [0.25, 0.3) is 0 Å². The van der Waals surface area contributed by atoms with Crippen LogP contribution in [0.5, 0.6) is 0 Å². The molecule has 0 aliphatic carbocycles. The molecule has 0 saturated carbocycles. The average molecular weight is 254 g/mol. The molecule has 0 radical (unpaired) electrons. The number of likely N-dealkylation sites (N-methyl/N-ethyl adjacent to an activating group) is 1. The van der Waals surface area contributed by atoms with Crippen molar-refractivity contribution in [2.24, 2.45) is 11.1 Å². The Balaban J connectivity index is 2.91. The first-order chi connectivity index (χ1) is 7.72. The molecule has 1 heterocycles. The number of aryl methyl sites for hydroxylation is 1. The van der Waals surface area contributed by atoms with Crippen molar-refractivity contribution < 1.29 is 0 Å². The summed E-state index contributed by atoms with van der Waals surface area (Å²) in [6, 6.07) is 2.66. The minimum absolute atomic E-state index is 0.152. The van der Waals surface area contributed by atoms with Crippen molar-refractivity contribution in [1.29, 1.82) is 0 Å². The molecule has 2 nitrogen and oxygen atoms in total. The molecular weight excluding hydrogens is 228 g/mol. The first-order valence-corrected chi connectivity index (χ1v) is 7.10. The molecule has 0 aliphatic heterocycles. The molecule has 0 bridgehead atoms. The number of nitrogens with two attached hydrogens (primary N) is 1. The van der Waals surface area contributed by atoms with Crippen LogP contribution in [-0.2, 0) is 0 Å². The number of hydrogen-bond donors (Lipinski definition) is 1. The fourth-order valence-electron chi connectivity index (χ4n) is 2.37. The van der Waals surface area contributed by atoms with E-state index in [2.05, 4.69) is 58.0 Å². The van der Waals surface area contributed by atoms with Crippen LogP contribution in [0.3, 0.4) is 0 Å². The third-order valence-corrected chi connectivity index (χ3v) is 3.96. The highest BCUT2D eigenvalue weighted by molar-refractivity contribution is 7.10. The third kappa shape index (κ3) is 4.09. The van der Waals surface area contributed by atoms with E-state index in [1.807, 2.05) is 11.3 Å². The van der Waals surface area contributed by atoms with Crippen LogP contribution in [0.1, 0.15) is 44.2 Å². The molecule has 17 heavy (non-hydrogen) atoms. The zero-order valence-electron chi connectivity index (χ0n) is 11.9. The summed E-state index contributed by atoms with van der Waals surface area (Å²) in [5.41, 5.74) is 7.84. The minimum Gasteiger partial charge on any atom is -0.326 e. The van der Waals surface area contributed by atoms with Gasteiger partial charge in [0.15, 0.2) is 0 Å². The Morgan fingerprint density at radius 3 is 2.35 bits per heavy atom. The van der Waals surface area contributed by atoms with Crippen LogP contribution in [0, 0.1) is 12.3 Å². The maximum Gasteiger partial charge on any atom is 0.0591 e. The first kappa shape index (κ1) is 14.7. The Morgan fingerprint density at radius 1 is 1.41 bits per heavy atom. The van der Waals surface area contributed by atoms with Gasteiger partial charge in [-0.05, 0) is 43.3 Å². The lowest BCUT2D eigenvalue weighted by Gasteiger charge is -2.35. The van der Waals surface area contributed by atoms with E-state index in [4.69, 9.17) is 5.73 Å². The lowest BCUT2D eigenvalue weighted by molar-refractivity contribution is 0.158. The number of thiophene rings is 1. The van der Waals surface area contributed by atoms with Gasteiger partial charge in [-0.3, -0.25) is 4.90 Å². The lowest BCUT2D eigenvalue weighted by Crippen LogP contribution is -2.40. The molecule has 1 rings (SSSR count). The van der Waals surface area contributed by atoms with Crippen LogP contribution in [0.15, 0.2) is 11.4 Å². The van der Waals surface area contributed by atoms with Gasteiger partial charge in [0, 0.05) is 17.5 Å². The summed E-state index contributed by atoms with van der Waals surface area (Å²) in [7, 11) is 2.18. The number of rotatable bonds is 4. The van der Waals surface area contributed by atoms with E-state index in [-0.39, 0.29) is 6.04 Å². The lowest BCUT2D eigenvalue weighted by atomic mass is 9.94. The molecule has 0 amide bonds. The van der Waals surface area contributed by atoms with Crippen molar-refractivity contribution >= 4 is 11.3 Å². The first-order valence-electron chi connectivity index (χ1n) is 6.22. The van der Waals surface area contributed by atoms with E-state index in [1.165, 1.54) is 10.4 Å². The van der Waals surface area contributed by atoms with Gasteiger partial charge in [0.1, 0.15) is 0 Å². The standard InChI is InChI=1S/C14H26N2S/c1-10-7-8-17-13(10)12(11(2)15)16(6)9-14(3,4)5/h7-8,11-12H,9,15H2,1-6H3. The summed E-state index contributed by atoms with van der Waals surface area (Å²) in [6.07, 6.45) is 0. The monoisotopic (exact) mass is 254 g/mol. The van der Waals surface area contributed by atoms with Gasteiger partial charge in [-0.1, -0.05) is 20.8 Å². The minimum atomic E-state index is 0.152. The van der Waals surface area contributed by atoms with Crippen molar-refractivity contribution in [1.82, 2.24) is 4.90 Å². The van der Waals surface area contributed by atoms with Crippen molar-refractivity contribution in [2.45, 2.75) is 46.7 Å². The molecule has 0 fully saturated rings. The molecule has 0 aromatic carbocycles. The molecule has 2 unspecified atom stereocenters. The van der Waals surface area contributed by atoms with Crippen molar-refractivity contribution in [3.05, 3.63) is 21.9 Å². The second-order valence-electron chi connectivity index (χ2n) is 6.25. The van der Waals surface area contributed by atoms with Gasteiger partial charge in [-0.2, -0.15) is 0 Å². The molecule has 0 saturated heterocycles. The Morgan fingerprint density at radius 2 is 2.00 bits per heavy atom. The van der Waals surface area contributed by atoms with Crippen molar-refractivity contribution in [3.63, 3.8) is 0 Å². The maximum atomic E-state index is 6.18. The average Bonchev–Trinajstić information content (AvgIpc) is 2.48. The van der Waals surface area contributed by atoms with Crippen molar-refractivity contribution in [3.8, 4) is 0 Å². The van der Waals surface area contributed by atoms with Gasteiger partial charge in [-0.15, -0.1) is 11.3 Å². The van der Waals surface area contributed by atoms with Gasteiger partial charge < -0.3 is 5.73 Å². The highest BCUT2D eigenvalue weighted by Gasteiger charge is 2.26. The van der Waals surface area contributed by atoms with E-state index >= 15 is 0 Å². The number of nitrogens with zero attached hydrogens (tertiary/aromatic N) is 1. The Kier molecular flexibility index (Phi) is 4.76. The second kappa shape index (κ2) is 5.51. The van der Waals surface area contributed by atoms with E-state index in [1.54, 1.807) is 0 Å². The summed E-state index contributed by atoms with van der Waals surface area (Å²) >= 11 is 1.82. The molecule has 0 aliphatic rings. The van der Waals surface area contributed by atoms with E-state index < -0.39 is 0 Å². The van der Waals surface area contributed by atoms with E-state index in [0.717, 1.165) is 6.54 Å². The maximum absolute atomic E-state index is 6.18. The predicted octanol–water partition coefficient (Wildman–Crippen LogP) is 3.42. The highest BCUT2D eigenvalue weighted by Crippen LogP contribution is 2.31. The van der Waals surface area contributed by atoms with Gasteiger partial charge in [0.05, 0.1) is 6.04 Å². The molecule has 2 N–H and O–H groups in total. The molecular formula is C14H26N2S. The van der Waals surface area contributed by atoms with Crippen LogP contribution in [0.2, 0.25) is 0 Å². The van der Waals surface area contributed by atoms with Crippen LogP contribution < -0.4 is 5.73 Å². The summed E-state index contributed by atoms with van der Waals surface area (Å²) in [4.78, 5) is 3.80. The molecule has 3 heteroatoms. The van der Waals surface area contributed by atoms with Crippen LogP contribution in [0.25, 0.3) is 0 Å². The molecule has 0 spiro atoms. The molecule has 1 aromatic heterocycles. The fourth-order valence-corrected chi connectivity index (χ4v) is 3.58. The van der Waals surface area contributed by atoms with E-state index in [9.17, 15) is 0 Å². The van der Waals surface area contributed by atoms with Gasteiger partial charge in [0.2, 0.25) is 0 Å². The molecule has 1 aromatic rings. The quantitative estimate of drug-likeness (QED) is 0.892. The largest absolute Gasteiger partial charge is 0.326 e. The summed E-state index contributed by atoms with van der Waals surface area (Å²) < 4.78 is 0. The third-order valence-electron chi connectivity index (χ3n) is 2.87. The SMILES string of the molecule is Cc1ccsc1C(C(C)N)N(C)CC(C)(C)C. The summed E-state index contributed by atoms with van der Waals surface area (Å²) in [5, 5.41) is 2.16. The molecule has 98 valence electrons. The normalized spacial score (nSPS) is 16.2. The Hall–Kier alpha value is -0.380. The zero-order chi connectivity index (χ0) is 13.2. The van der Waals surface area contributed by atoms with Crippen LogP contribution in [0.4, 0.5) is 0 Å².